The average Bonchev–Trinajstić information content (AvgIpc) is 2.26. The molecule has 1 aromatic rings. The first kappa shape index (κ1) is 17.0. The predicted molar refractivity (Wildman–Crippen MR) is 80.8 cm³/mol. The molecule has 0 spiro atoms. The minimum atomic E-state index is -3.20. The third-order valence-corrected chi connectivity index (χ3v) is 5.73. The van der Waals surface area contributed by atoms with Crippen molar-refractivity contribution in [3.63, 3.8) is 0 Å². The lowest BCUT2D eigenvalue weighted by Crippen LogP contribution is -2.32. The van der Waals surface area contributed by atoms with Gasteiger partial charge >= 0.3 is 0 Å². The summed E-state index contributed by atoms with van der Waals surface area (Å²) < 4.78 is 28.8. The van der Waals surface area contributed by atoms with Crippen molar-refractivity contribution in [3.05, 3.63) is 29.3 Å². The van der Waals surface area contributed by atoms with Crippen LogP contribution in [0.5, 0.6) is 5.75 Å². The van der Waals surface area contributed by atoms with Gasteiger partial charge in [-0.1, -0.05) is 12.1 Å². The first-order valence-electron chi connectivity index (χ1n) is 6.68. The van der Waals surface area contributed by atoms with Crippen molar-refractivity contribution in [1.82, 2.24) is 0 Å². The van der Waals surface area contributed by atoms with Crippen molar-refractivity contribution >= 4 is 9.84 Å². The number of rotatable bonds is 5. The molecule has 0 amide bonds. The fourth-order valence-electron chi connectivity index (χ4n) is 1.68. The van der Waals surface area contributed by atoms with Gasteiger partial charge in [0, 0.05) is 5.56 Å². The van der Waals surface area contributed by atoms with Gasteiger partial charge in [-0.3, -0.25) is 0 Å². The lowest BCUT2D eigenvalue weighted by Gasteiger charge is -2.20. The van der Waals surface area contributed by atoms with Gasteiger partial charge in [0.05, 0.1) is 16.6 Å². The van der Waals surface area contributed by atoms with Gasteiger partial charge in [-0.05, 0) is 46.2 Å². The molecular formula is C15H24O4S. The van der Waals surface area contributed by atoms with Crippen LogP contribution in [0.1, 0.15) is 44.9 Å². The van der Waals surface area contributed by atoms with Gasteiger partial charge in [0.2, 0.25) is 0 Å². The molecule has 0 fully saturated rings. The summed E-state index contributed by atoms with van der Waals surface area (Å²) in [6.45, 7) is 8.69. The number of aliphatic hydroxyl groups is 1. The second kappa shape index (κ2) is 6.14. The van der Waals surface area contributed by atoms with Crippen LogP contribution in [0.25, 0.3) is 0 Å². The van der Waals surface area contributed by atoms with Crippen LogP contribution in [0.4, 0.5) is 0 Å². The molecular weight excluding hydrogens is 276 g/mol. The summed E-state index contributed by atoms with van der Waals surface area (Å²) in [5.74, 6) is 0.507. The van der Waals surface area contributed by atoms with Crippen molar-refractivity contribution < 1.29 is 18.3 Å². The van der Waals surface area contributed by atoms with Crippen LogP contribution >= 0.6 is 0 Å². The summed E-state index contributed by atoms with van der Waals surface area (Å²) in [4.78, 5) is 0. The monoisotopic (exact) mass is 300 g/mol. The van der Waals surface area contributed by atoms with Gasteiger partial charge in [0.25, 0.3) is 0 Å². The van der Waals surface area contributed by atoms with Crippen molar-refractivity contribution in [3.8, 4) is 5.75 Å². The molecule has 1 atom stereocenters. The number of hydrogen-bond acceptors (Lipinski definition) is 4. The maximum Gasteiger partial charge on any atom is 0.158 e. The third kappa shape index (κ3) is 4.21. The zero-order chi connectivity index (χ0) is 15.6. The quantitative estimate of drug-likeness (QED) is 0.908. The highest BCUT2D eigenvalue weighted by atomic mass is 32.2. The minimum absolute atomic E-state index is 0.0380. The molecule has 1 rings (SSSR count). The van der Waals surface area contributed by atoms with Crippen LogP contribution in [0.3, 0.4) is 0 Å². The second-order valence-electron chi connectivity index (χ2n) is 6.00. The molecule has 0 bridgehead atoms. The van der Waals surface area contributed by atoms with Crippen LogP contribution < -0.4 is 4.74 Å². The van der Waals surface area contributed by atoms with Crippen LogP contribution in [0, 0.1) is 6.92 Å². The molecule has 5 heteroatoms. The standard InChI is InChI=1S/C15H24O4S/c1-11-6-7-13(12(2)16)14(10-11)19-8-9-20(17,18)15(3,4)5/h6-7,10,12,16H,8-9H2,1-5H3/t12-/m1/s1. The molecule has 0 unspecified atom stereocenters. The molecule has 20 heavy (non-hydrogen) atoms. The van der Waals surface area contributed by atoms with E-state index in [4.69, 9.17) is 4.74 Å². The largest absolute Gasteiger partial charge is 0.492 e. The van der Waals surface area contributed by atoms with Crippen molar-refractivity contribution in [1.29, 1.82) is 0 Å². The number of hydrogen-bond donors (Lipinski definition) is 1. The highest BCUT2D eigenvalue weighted by Crippen LogP contribution is 2.26. The smallest absolute Gasteiger partial charge is 0.158 e. The van der Waals surface area contributed by atoms with Gasteiger partial charge in [0.1, 0.15) is 12.4 Å². The molecule has 1 N–H and O–H groups in total. The van der Waals surface area contributed by atoms with Crippen molar-refractivity contribution in [2.24, 2.45) is 0 Å². The molecule has 0 aromatic heterocycles. The highest BCUT2D eigenvalue weighted by Gasteiger charge is 2.28. The number of aryl methyl sites for hydroxylation is 1. The van der Waals surface area contributed by atoms with Gasteiger partial charge in [-0.2, -0.15) is 0 Å². The summed E-state index contributed by atoms with van der Waals surface area (Å²) in [7, 11) is -3.20. The molecule has 0 saturated heterocycles. The molecule has 0 aliphatic heterocycles. The number of ether oxygens (including phenoxy) is 1. The number of sulfone groups is 1. The van der Waals surface area contributed by atoms with Gasteiger partial charge < -0.3 is 9.84 Å². The molecule has 0 heterocycles. The van der Waals surface area contributed by atoms with Crippen LogP contribution in [0.15, 0.2) is 18.2 Å². The Morgan fingerprint density at radius 3 is 2.40 bits per heavy atom. The molecule has 4 nitrogen and oxygen atoms in total. The van der Waals surface area contributed by atoms with E-state index in [9.17, 15) is 13.5 Å². The Hall–Kier alpha value is -1.07. The zero-order valence-corrected chi connectivity index (χ0v) is 13.6. The Labute approximate surface area is 121 Å². The topological polar surface area (TPSA) is 63.6 Å². The molecule has 1 aromatic carbocycles. The first-order valence-corrected chi connectivity index (χ1v) is 8.33. The van der Waals surface area contributed by atoms with E-state index >= 15 is 0 Å². The fourth-order valence-corrected chi connectivity index (χ4v) is 2.59. The van der Waals surface area contributed by atoms with E-state index in [0.717, 1.165) is 5.56 Å². The molecule has 0 radical (unpaired) electrons. The zero-order valence-electron chi connectivity index (χ0n) is 12.8. The highest BCUT2D eigenvalue weighted by molar-refractivity contribution is 7.92. The lowest BCUT2D eigenvalue weighted by molar-refractivity contribution is 0.192. The molecule has 0 aliphatic rings. The third-order valence-electron chi connectivity index (χ3n) is 3.16. The summed E-state index contributed by atoms with van der Waals surface area (Å²) in [6.07, 6.45) is -0.648. The number of benzene rings is 1. The summed E-state index contributed by atoms with van der Waals surface area (Å²) in [5, 5.41) is 9.69. The first-order chi connectivity index (χ1) is 9.04. The summed E-state index contributed by atoms with van der Waals surface area (Å²) in [6, 6.07) is 5.50. The van der Waals surface area contributed by atoms with E-state index in [-0.39, 0.29) is 12.4 Å². The Bertz CT molecular complexity index is 554. The summed E-state index contributed by atoms with van der Waals surface area (Å²) in [5.41, 5.74) is 1.67. The SMILES string of the molecule is Cc1ccc([C@@H](C)O)c(OCCS(=O)(=O)C(C)(C)C)c1. The van der Waals surface area contributed by atoms with Gasteiger partial charge in [-0.25, -0.2) is 8.42 Å². The van der Waals surface area contributed by atoms with E-state index in [2.05, 4.69) is 0 Å². The Kier molecular flexibility index (Phi) is 5.21. The Balaban J connectivity index is 2.79. The minimum Gasteiger partial charge on any atom is -0.492 e. The lowest BCUT2D eigenvalue weighted by atomic mass is 10.1. The fraction of sp³-hybridized carbons (Fsp3) is 0.600. The van der Waals surface area contributed by atoms with E-state index in [1.807, 2.05) is 19.1 Å². The molecule has 0 aliphatic carbocycles. The van der Waals surface area contributed by atoms with Crippen LogP contribution in [0.2, 0.25) is 0 Å². The molecule has 0 saturated carbocycles. The van der Waals surface area contributed by atoms with E-state index in [0.29, 0.717) is 11.3 Å². The van der Waals surface area contributed by atoms with Crippen LogP contribution in [-0.4, -0.2) is 30.6 Å². The van der Waals surface area contributed by atoms with Gasteiger partial charge in [0.15, 0.2) is 9.84 Å². The Morgan fingerprint density at radius 1 is 1.30 bits per heavy atom. The van der Waals surface area contributed by atoms with E-state index in [1.165, 1.54) is 0 Å². The molecule has 114 valence electrons. The maximum absolute atomic E-state index is 12.0. The van der Waals surface area contributed by atoms with Gasteiger partial charge in [-0.15, -0.1) is 0 Å². The normalized spacial score (nSPS) is 14.1. The number of aliphatic hydroxyl groups excluding tert-OH is 1. The van der Waals surface area contributed by atoms with Crippen molar-refractivity contribution in [2.45, 2.75) is 45.5 Å². The average molecular weight is 300 g/mol. The second-order valence-corrected chi connectivity index (χ2v) is 8.86. The van der Waals surface area contributed by atoms with E-state index in [1.54, 1.807) is 33.8 Å². The summed E-state index contributed by atoms with van der Waals surface area (Å²) >= 11 is 0. The van der Waals surface area contributed by atoms with Crippen LogP contribution in [-0.2, 0) is 9.84 Å². The Morgan fingerprint density at radius 2 is 1.90 bits per heavy atom. The maximum atomic E-state index is 12.0. The van der Waals surface area contributed by atoms with E-state index < -0.39 is 20.7 Å². The predicted octanol–water partition coefficient (Wildman–Crippen LogP) is 2.64. The van der Waals surface area contributed by atoms with Crippen molar-refractivity contribution in [2.75, 3.05) is 12.4 Å².